The highest BCUT2D eigenvalue weighted by molar-refractivity contribution is 5.82. The van der Waals surface area contributed by atoms with Crippen LogP contribution < -0.4 is 0 Å². The molecule has 0 bridgehead atoms. The maximum absolute atomic E-state index is 10.9. The van der Waals surface area contributed by atoms with Crippen molar-refractivity contribution in [1.82, 2.24) is 0 Å². The van der Waals surface area contributed by atoms with Gasteiger partial charge in [0, 0.05) is 12.2 Å². The minimum Gasteiger partial charge on any atom is -0.457 e. The second-order valence-electron chi connectivity index (χ2n) is 3.00. The van der Waals surface area contributed by atoms with Gasteiger partial charge in [-0.2, -0.15) is 5.26 Å². The molecule has 3 heteroatoms. The fourth-order valence-corrected chi connectivity index (χ4v) is 0.484. The van der Waals surface area contributed by atoms with Crippen molar-refractivity contribution >= 4 is 5.97 Å². The molecule has 66 valence electrons. The number of allylic oxidation sites excluding steroid dienone is 1. The Bertz CT molecular complexity index is 223. The first-order valence-corrected chi connectivity index (χ1v) is 3.81. The molecule has 0 aliphatic rings. The highest BCUT2D eigenvalue weighted by atomic mass is 16.6. The van der Waals surface area contributed by atoms with E-state index in [0.717, 1.165) is 18.6 Å². The van der Waals surface area contributed by atoms with Gasteiger partial charge in [-0.3, -0.25) is 0 Å². The van der Waals surface area contributed by atoms with Crippen LogP contribution in [-0.2, 0) is 9.53 Å². The Hall–Kier alpha value is -1.30. The van der Waals surface area contributed by atoms with Crippen LogP contribution in [0.1, 0.15) is 27.2 Å². The van der Waals surface area contributed by atoms with Gasteiger partial charge in [0.1, 0.15) is 5.60 Å². The van der Waals surface area contributed by atoms with Gasteiger partial charge < -0.3 is 4.74 Å². The molecule has 0 aromatic carbocycles. The Labute approximate surface area is 72.6 Å². The summed E-state index contributed by atoms with van der Waals surface area (Å²) in [4.78, 5) is 10.9. The Morgan fingerprint density at radius 1 is 1.67 bits per heavy atom. The molecule has 0 radical (unpaired) electrons. The van der Waals surface area contributed by atoms with Crippen LogP contribution in [0, 0.1) is 11.3 Å². The average molecular weight is 167 g/mol. The first kappa shape index (κ1) is 10.7. The first-order valence-electron chi connectivity index (χ1n) is 3.81. The first-order chi connectivity index (χ1) is 5.52. The van der Waals surface area contributed by atoms with Crippen molar-refractivity contribution in [3.05, 3.63) is 12.2 Å². The maximum atomic E-state index is 10.9. The van der Waals surface area contributed by atoms with Gasteiger partial charge in [0.25, 0.3) is 0 Å². The number of rotatable bonds is 3. The SMILES string of the molecule is CCC(C)(C)OC(=O)C=CC#N. The molecule has 0 atom stereocenters. The number of carbonyl (C=O) groups is 1. The van der Waals surface area contributed by atoms with Crippen LogP contribution in [-0.4, -0.2) is 11.6 Å². The predicted octanol–water partition coefficient (Wildman–Crippen LogP) is 1.80. The van der Waals surface area contributed by atoms with E-state index in [2.05, 4.69) is 0 Å². The Balaban J connectivity index is 4.03. The minimum absolute atomic E-state index is 0.448. The molecule has 0 N–H and O–H groups in total. The summed E-state index contributed by atoms with van der Waals surface area (Å²) in [6.45, 7) is 5.58. The maximum Gasteiger partial charge on any atom is 0.331 e. The third-order valence-electron chi connectivity index (χ3n) is 1.52. The number of ether oxygens (including phenoxy) is 1. The van der Waals surface area contributed by atoms with Crippen molar-refractivity contribution in [3.8, 4) is 6.07 Å². The summed E-state index contributed by atoms with van der Waals surface area (Å²) < 4.78 is 5.01. The fraction of sp³-hybridized carbons (Fsp3) is 0.556. The molecular formula is C9H13NO2. The highest BCUT2D eigenvalue weighted by Crippen LogP contribution is 2.13. The summed E-state index contributed by atoms with van der Waals surface area (Å²) in [5, 5.41) is 8.13. The van der Waals surface area contributed by atoms with Crippen LogP contribution in [0.3, 0.4) is 0 Å². The lowest BCUT2D eigenvalue weighted by atomic mass is 10.1. The van der Waals surface area contributed by atoms with Crippen LogP contribution in [0.4, 0.5) is 0 Å². The van der Waals surface area contributed by atoms with Gasteiger partial charge >= 0.3 is 5.97 Å². The van der Waals surface area contributed by atoms with E-state index in [0.29, 0.717) is 0 Å². The van der Waals surface area contributed by atoms with Gasteiger partial charge in [-0.1, -0.05) is 6.92 Å². The third-order valence-corrected chi connectivity index (χ3v) is 1.52. The van der Waals surface area contributed by atoms with Gasteiger partial charge in [-0.15, -0.1) is 0 Å². The Morgan fingerprint density at radius 3 is 2.67 bits per heavy atom. The third kappa shape index (κ3) is 4.51. The molecule has 0 heterocycles. The molecule has 0 fully saturated rings. The topological polar surface area (TPSA) is 50.1 Å². The van der Waals surface area contributed by atoms with Crippen LogP contribution >= 0.6 is 0 Å². The minimum atomic E-state index is -0.469. The highest BCUT2D eigenvalue weighted by Gasteiger charge is 2.18. The molecule has 0 aliphatic heterocycles. The summed E-state index contributed by atoms with van der Waals surface area (Å²) in [6, 6.07) is 1.72. The number of hydrogen-bond donors (Lipinski definition) is 0. The Morgan fingerprint density at radius 2 is 2.25 bits per heavy atom. The number of hydrogen-bond acceptors (Lipinski definition) is 3. The van der Waals surface area contributed by atoms with Crippen LogP contribution in [0.25, 0.3) is 0 Å². The standard InChI is InChI=1S/C9H13NO2/c1-4-9(2,3)12-8(11)6-5-7-10/h5-6H,4H2,1-3H3. The largest absolute Gasteiger partial charge is 0.457 e. The van der Waals surface area contributed by atoms with E-state index in [9.17, 15) is 4.79 Å². The molecule has 0 unspecified atom stereocenters. The monoisotopic (exact) mass is 167 g/mol. The molecule has 0 spiro atoms. The normalized spacial score (nSPS) is 11.2. The summed E-state index contributed by atoms with van der Waals surface area (Å²) in [7, 11) is 0. The number of nitrogens with zero attached hydrogens (tertiary/aromatic N) is 1. The fourth-order valence-electron chi connectivity index (χ4n) is 0.484. The van der Waals surface area contributed by atoms with E-state index >= 15 is 0 Å². The number of esters is 1. The molecular weight excluding hydrogens is 154 g/mol. The second-order valence-corrected chi connectivity index (χ2v) is 3.00. The molecule has 0 saturated heterocycles. The summed E-state index contributed by atoms with van der Waals surface area (Å²) >= 11 is 0. The molecule has 0 aromatic heterocycles. The number of nitriles is 1. The summed E-state index contributed by atoms with van der Waals surface area (Å²) in [5.41, 5.74) is -0.448. The number of carbonyl (C=O) groups excluding carboxylic acids is 1. The molecule has 0 saturated carbocycles. The molecule has 3 nitrogen and oxygen atoms in total. The quantitative estimate of drug-likeness (QED) is 0.366. The van der Waals surface area contributed by atoms with Gasteiger partial charge in [-0.25, -0.2) is 4.79 Å². The van der Waals surface area contributed by atoms with Crippen molar-refractivity contribution in [2.45, 2.75) is 32.8 Å². The van der Waals surface area contributed by atoms with Gasteiger partial charge in [-0.05, 0) is 20.3 Å². The van der Waals surface area contributed by atoms with Crippen LogP contribution in [0.2, 0.25) is 0 Å². The average Bonchev–Trinajstić information content (AvgIpc) is 2.00. The predicted molar refractivity (Wildman–Crippen MR) is 45.2 cm³/mol. The molecule has 0 amide bonds. The van der Waals surface area contributed by atoms with E-state index in [-0.39, 0.29) is 0 Å². The van der Waals surface area contributed by atoms with Crippen molar-refractivity contribution in [3.63, 3.8) is 0 Å². The Kier molecular flexibility index (Phi) is 4.06. The lowest BCUT2D eigenvalue weighted by Crippen LogP contribution is -2.25. The van der Waals surface area contributed by atoms with E-state index < -0.39 is 11.6 Å². The van der Waals surface area contributed by atoms with Crippen LogP contribution in [0.5, 0.6) is 0 Å². The van der Waals surface area contributed by atoms with Crippen molar-refractivity contribution in [2.75, 3.05) is 0 Å². The lowest BCUT2D eigenvalue weighted by molar-refractivity contribution is -0.150. The second kappa shape index (κ2) is 4.55. The van der Waals surface area contributed by atoms with Crippen molar-refractivity contribution < 1.29 is 9.53 Å². The van der Waals surface area contributed by atoms with E-state index in [1.807, 2.05) is 20.8 Å². The zero-order valence-electron chi connectivity index (χ0n) is 7.63. The summed E-state index contributed by atoms with van der Waals surface area (Å²) in [5.74, 6) is -0.469. The molecule has 0 aliphatic carbocycles. The van der Waals surface area contributed by atoms with E-state index in [1.165, 1.54) is 0 Å². The van der Waals surface area contributed by atoms with E-state index in [1.54, 1.807) is 6.07 Å². The molecule has 0 rings (SSSR count). The van der Waals surface area contributed by atoms with Crippen LogP contribution in [0.15, 0.2) is 12.2 Å². The lowest BCUT2D eigenvalue weighted by Gasteiger charge is -2.21. The molecule has 12 heavy (non-hydrogen) atoms. The smallest absolute Gasteiger partial charge is 0.331 e. The molecule has 0 aromatic rings. The summed E-state index contributed by atoms with van der Waals surface area (Å²) in [6.07, 6.45) is 2.98. The van der Waals surface area contributed by atoms with E-state index in [4.69, 9.17) is 10.00 Å². The van der Waals surface area contributed by atoms with Gasteiger partial charge in [0.2, 0.25) is 0 Å². The van der Waals surface area contributed by atoms with Crippen molar-refractivity contribution in [2.24, 2.45) is 0 Å². The zero-order valence-corrected chi connectivity index (χ0v) is 7.63. The zero-order chi connectivity index (χ0) is 9.61. The van der Waals surface area contributed by atoms with Gasteiger partial charge in [0.05, 0.1) is 6.07 Å². The van der Waals surface area contributed by atoms with Crippen molar-refractivity contribution in [1.29, 1.82) is 5.26 Å². The van der Waals surface area contributed by atoms with Gasteiger partial charge in [0.15, 0.2) is 0 Å².